The minimum Gasteiger partial charge on any atom is -0.383 e. The quantitative estimate of drug-likeness (QED) is 0.790. The maximum absolute atomic E-state index is 13.1. The standard InChI is InChI=1S/C17H17FN4/c1-17(2)9-19-14-8-12(7-11-3-5-13(18)6-4-11)16-20-10-21-22(16)15(14)17/h3-6,8,10,19H,7,9H2,1-2H3. The molecule has 5 heteroatoms. The molecule has 0 unspecified atom stereocenters. The lowest BCUT2D eigenvalue weighted by molar-refractivity contribution is 0.551. The van der Waals surface area contributed by atoms with Gasteiger partial charge in [-0.2, -0.15) is 5.10 Å². The van der Waals surface area contributed by atoms with Gasteiger partial charge >= 0.3 is 0 Å². The number of fused-ring (bicyclic) bond motifs is 3. The monoisotopic (exact) mass is 296 g/mol. The predicted molar refractivity (Wildman–Crippen MR) is 83.7 cm³/mol. The molecule has 0 amide bonds. The van der Waals surface area contributed by atoms with E-state index in [4.69, 9.17) is 0 Å². The topological polar surface area (TPSA) is 42.2 Å². The summed E-state index contributed by atoms with van der Waals surface area (Å²) in [5.74, 6) is -0.214. The summed E-state index contributed by atoms with van der Waals surface area (Å²) in [6.07, 6.45) is 2.30. The fourth-order valence-electron chi connectivity index (χ4n) is 3.18. The van der Waals surface area contributed by atoms with Crippen molar-refractivity contribution in [2.45, 2.75) is 25.7 Å². The summed E-state index contributed by atoms with van der Waals surface area (Å²) in [5.41, 5.74) is 5.33. The Kier molecular flexibility index (Phi) is 2.73. The van der Waals surface area contributed by atoms with E-state index >= 15 is 0 Å². The Labute approximate surface area is 128 Å². The van der Waals surface area contributed by atoms with Crippen LogP contribution in [0.15, 0.2) is 36.7 Å². The number of anilines is 1. The fraction of sp³-hybridized carbons (Fsp3) is 0.294. The first-order valence-corrected chi connectivity index (χ1v) is 7.39. The van der Waals surface area contributed by atoms with Crippen molar-refractivity contribution >= 4 is 11.3 Å². The molecule has 2 aromatic heterocycles. The lowest BCUT2D eigenvalue weighted by Gasteiger charge is -2.18. The number of nitrogens with zero attached hydrogens (tertiary/aromatic N) is 3. The molecule has 3 heterocycles. The van der Waals surface area contributed by atoms with E-state index < -0.39 is 0 Å². The maximum Gasteiger partial charge on any atom is 0.159 e. The smallest absolute Gasteiger partial charge is 0.159 e. The Morgan fingerprint density at radius 2 is 2.05 bits per heavy atom. The van der Waals surface area contributed by atoms with Gasteiger partial charge in [0.05, 0.1) is 11.4 Å². The highest BCUT2D eigenvalue weighted by Crippen LogP contribution is 2.37. The third-order valence-electron chi connectivity index (χ3n) is 4.29. The van der Waals surface area contributed by atoms with Crippen molar-refractivity contribution < 1.29 is 4.39 Å². The number of halogens is 1. The molecule has 1 aliphatic rings. The van der Waals surface area contributed by atoms with Crippen LogP contribution >= 0.6 is 0 Å². The Balaban J connectivity index is 1.85. The van der Waals surface area contributed by atoms with Crippen molar-refractivity contribution in [1.82, 2.24) is 14.6 Å². The second kappa shape index (κ2) is 4.53. The highest BCUT2D eigenvalue weighted by Gasteiger charge is 2.33. The summed E-state index contributed by atoms with van der Waals surface area (Å²) >= 11 is 0. The number of hydrogen-bond acceptors (Lipinski definition) is 3. The zero-order valence-corrected chi connectivity index (χ0v) is 12.6. The average Bonchev–Trinajstić information content (AvgIpc) is 3.06. The summed E-state index contributed by atoms with van der Waals surface area (Å²) in [7, 11) is 0. The Bertz CT molecular complexity index is 849. The molecule has 4 nitrogen and oxygen atoms in total. The summed E-state index contributed by atoms with van der Waals surface area (Å²) in [4.78, 5) is 4.43. The van der Waals surface area contributed by atoms with E-state index in [9.17, 15) is 4.39 Å². The van der Waals surface area contributed by atoms with Crippen molar-refractivity contribution in [1.29, 1.82) is 0 Å². The normalized spacial score (nSPS) is 15.8. The summed E-state index contributed by atoms with van der Waals surface area (Å²) in [6.45, 7) is 5.29. The van der Waals surface area contributed by atoms with Gasteiger partial charge in [0.25, 0.3) is 0 Å². The second-order valence-corrected chi connectivity index (χ2v) is 6.47. The van der Waals surface area contributed by atoms with Crippen LogP contribution in [0.3, 0.4) is 0 Å². The first-order chi connectivity index (χ1) is 10.5. The zero-order valence-electron chi connectivity index (χ0n) is 12.6. The first-order valence-electron chi connectivity index (χ1n) is 7.39. The van der Waals surface area contributed by atoms with Crippen LogP contribution in [-0.4, -0.2) is 21.1 Å². The Hall–Kier alpha value is -2.43. The molecular weight excluding hydrogens is 279 g/mol. The van der Waals surface area contributed by atoms with Crippen LogP contribution in [0.1, 0.15) is 30.7 Å². The molecule has 0 spiro atoms. The van der Waals surface area contributed by atoms with Crippen LogP contribution in [-0.2, 0) is 11.8 Å². The third kappa shape index (κ3) is 1.96. The van der Waals surface area contributed by atoms with Gasteiger partial charge in [-0.1, -0.05) is 26.0 Å². The maximum atomic E-state index is 13.1. The van der Waals surface area contributed by atoms with Gasteiger partial charge in [0.15, 0.2) is 5.65 Å². The number of aromatic nitrogens is 3. The molecule has 0 saturated heterocycles. The van der Waals surface area contributed by atoms with Crippen LogP contribution in [0, 0.1) is 5.82 Å². The molecule has 0 fully saturated rings. The van der Waals surface area contributed by atoms with E-state index in [0.717, 1.165) is 29.0 Å². The van der Waals surface area contributed by atoms with Crippen LogP contribution in [0.2, 0.25) is 0 Å². The van der Waals surface area contributed by atoms with Gasteiger partial charge in [-0.3, -0.25) is 0 Å². The van der Waals surface area contributed by atoms with Crippen molar-refractivity contribution in [3.63, 3.8) is 0 Å². The molecule has 0 aliphatic carbocycles. The SMILES string of the molecule is CC1(C)CNc2cc(Cc3ccc(F)cc3)c3ncnn3c21. The van der Waals surface area contributed by atoms with Crippen LogP contribution in [0.5, 0.6) is 0 Å². The molecule has 22 heavy (non-hydrogen) atoms. The number of hydrogen-bond donors (Lipinski definition) is 1. The molecule has 3 aromatic rings. The third-order valence-corrected chi connectivity index (χ3v) is 4.29. The molecule has 0 saturated carbocycles. The zero-order chi connectivity index (χ0) is 15.3. The highest BCUT2D eigenvalue weighted by atomic mass is 19.1. The second-order valence-electron chi connectivity index (χ2n) is 6.47. The van der Waals surface area contributed by atoms with Crippen molar-refractivity contribution in [2.75, 3.05) is 11.9 Å². The minimum absolute atomic E-state index is 0.0235. The lowest BCUT2D eigenvalue weighted by Crippen LogP contribution is -2.22. The number of benzene rings is 1. The van der Waals surface area contributed by atoms with Crippen molar-refractivity contribution in [2.24, 2.45) is 0 Å². The summed E-state index contributed by atoms with van der Waals surface area (Å²) in [6, 6.07) is 8.76. The minimum atomic E-state index is -0.214. The molecule has 1 aromatic carbocycles. The molecule has 1 aliphatic heterocycles. The van der Waals surface area contributed by atoms with Crippen molar-refractivity contribution in [3.05, 3.63) is 59.3 Å². The largest absolute Gasteiger partial charge is 0.383 e. The number of rotatable bonds is 2. The van der Waals surface area contributed by atoms with Gasteiger partial charge in [0.2, 0.25) is 0 Å². The van der Waals surface area contributed by atoms with Gasteiger partial charge in [0.1, 0.15) is 12.1 Å². The molecule has 1 N–H and O–H groups in total. The van der Waals surface area contributed by atoms with Crippen LogP contribution in [0.25, 0.3) is 5.65 Å². The average molecular weight is 296 g/mol. The van der Waals surface area contributed by atoms with Gasteiger partial charge in [-0.25, -0.2) is 13.9 Å². The van der Waals surface area contributed by atoms with Gasteiger partial charge in [-0.05, 0) is 23.8 Å². The van der Waals surface area contributed by atoms with E-state index in [0.29, 0.717) is 6.42 Å². The number of pyridine rings is 1. The van der Waals surface area contributed by atoms with E-state index in [1.165, 1.54) is 17.8 Å². The first kappa shape index (κ1) is 13.2. The Morgan fingerprint density at radius 3 is 2.82 bits per heavy atom. The van der Waals surface area contributed by atoms with Gasteiger partial charge < -0.3 is 5.32 Å². The predicted octanol–water partition coefficient (Wildman–Crippen LogP) is 3.16. The van der Waals surface area contributed by atoms with E-state index in [-0.39, 0.29) is 11.2 Å². The van der Waals surface area contributed by atoms with E-state index in [1.54, 1.807) is 6.33 Å². The summed E-state index contributed by atoms with van der Waals surface area (Å²) < 4.78 is 15.0. The van der Waals surface area contributed by atoms with Crippen molar-refractivity contribution in [3.8, 4) is 0 Å². The number of nitrogens with one attached hydrogen (secondary N) is 1. The lowest BCUT2D eigenvalue weighted by atomic mass is 9.90. The molecule has 112 valence electrons. The Morgan fingerprint density at radius 1 is 1.27 bits per heavy atom. The summed E-state index contributed by atoms with van der Waals surface area (Å²) in [5, 5.41) is 7.87. The molecule has 0 radical (unpaired) electrons. The fourth-order valence-corrected chi connectivity index (χ4v) is 3.18. The molecule has 4 rings (SSSR count). The van der Waals surface area contributed by atoms with Gasteiger partial charge in [0, 0.05) is 23.9 Å². The molecular formula is C17H17FN4. The molecule has 0 bridgehead atoms. The van der Waals surface area contributed by atoms with E-state index in [1.807, 2.05) is 16.6 Å². The van der Waals surface area contributed by atoms with Gasteiger partial charge in [-0.15, -0.1) is 0 Å². The van der Waals surface area contributed by atoms with Crippen LogP contribution in [0.4, 0.5) is 10.1 Å². The molecule has 0 atom stereocenters. The van der Waals surface area contributed by atoms with E-state index in [2.05, 4.69) is 35.3 Å². The van der Waals surface area contributed by atoms with Crippen LogP contribution < -0.4 is 5.32 Å². The highest BCUT2D eigenvalue weighted by molar-refractivity contribution is 5.65.